The number of hydrogen-bond donors (Lipinski definition) is 2. The Kier molecular flexibility index (Phi) is 7.22. The number of ether oxygens (including phenoxy) is 1. The van der Waals surface area contributed by atoms with Gasteiger partial charge in [0.2, 0.25) is 5.91 Å². The number of nitrogens with zero attached hydrogens (tertiary/aromatic N) is 1. The van der Waals surface area contributed by atoms with E-state index in [4.69, 9.17) is 4.74 Å². The molecule has 1 amide bonds. The molecule has 0 bridgehead atoms. The van der Waals surface area contributed by atoms with E-state index in [1.807, 2.05) is 37.3 Å². The minimum Gasteiger partial charge on any atom is -0.389 e. The number of nitrogens with one attached hydrogen (secondary N) is 1. The number of carbonyl (C=O) groups is 1. The standard InChI is InChI=1S/C15H24N2O3/c1-12(13-7-5-4-6-8-13)16-15(19)10-17(2)9-14(18)11-20-3/h4-8,12,14,18H,9-11H2,1-3H3,(H,16,19). The summed E-state index contributed by atoms with van der Waals surface area (Å²) in [5.41, 5.74) is 1.07. The lowest BCUT2D eigenvalue weighted by Crippen LogP contribution is -2.40. The fourth-order valence-electron chi connectivity index (χ4n) is 2.03. The molecule has 0 aliphatic heterocycles. The number of rotatable bonds is 8. The molecule has 0 saturated carbocycles. The average Bonchev–Trinajstić information content (AvgIpc) is 2.39. The quantitative estimate of drug-likeness (QED) is 0.739. The highest BCUT2D eigenvalue weighted by atomic mass is 16.5. The van der Waals surface area contributed by atoms with Gasteiger partial charge in [-0.15, -0.1) is 0 Å². The molecule has 1 rings (SSSR count). The third-order valence-electron chi connectivity index (χ3n) is 2.97. The van der Waals surface area contributed by atoms with Crippen LogP contribution in [0.25, 0.3) is 0 Å². The van der Waals surface area contributed by atoms with E-state index in [9.17, 15) is 9.90 Å². The smallest absolute Gasteiger partial charge is 0.234 e. The van der Waals surface area contributed by atoms with E-state index in [0.717, 1.165) is 5.56 Å². The summed E-state index contributed by atoms with van der Waals surface area (Å²) >= 11 is 0. The van der Waals surface area contributed by atoms with E-state index in [-0.39, 0.29) is 25.1 Å². The molecule has 0 radical (unpaired) electrons. The Labute approximate surface area is 120 Å². The van der Waals surface area contributed by atoms with Gasteiger partial charge in [-0.1, -0.05) is 30.3 Å². The minimum absolute atomic E-state index is 0.0269. The van der Waals surface area contributed by atoms with Crippen molar-refractivity contribution in [3.8, 4) is 0 Å². The summed E-state index contributed by atoms with van der Waals surface area (Å²) in [6.45, 7) is 2.87. The van der Waals surface area contributed by atoms with Crippen molar-refractivity contribution in [2.75, 3.05) is 33.9 Å². The molecule has 2 N–H and O–H groups in total. The van der Waals surface area contributed by atoms with Gasteiger partial charge in [-0.3, -0.25) is 9.69 Å². The minimum atomic E-state index is -0.579. The Balaban J connectivity index is 2.36. The van der Waals surface area contributed by atoms with Crippen LogP contribution < -0.4 is 5.32 Å². The number of methoxy groups -OCH3 is 1. The van der Waals surface area contributed by atoms with E-state index < -0.39 is 6.10 Å². The number of benzene rings is 1. The molecule has 0 aliphatic carbocycles. The lowest BCUT2D eigenvalue weighted by molar-refractivity contribution is -0.122. The predicted molar refractivity (Wildman–Crippen MR) is 78.4 cm³/mol. The van der Waals surface area contributed by atoms with Gasteiger partial charge >= 0.3 is 0 Å². The third-order valence-corrected chi connectivity index (χ3v) is 2.97. The van der Waals surface area contributed by atoms with Crippen LogP contribution in [0.4, 0.5) is 0 Å². The molecular formula is C15H24N2O3. The molecule has 0 aliphatic rings. The predicted octanol–water partition coefficient (Wildman–Crippen LogP) is 0.803. The Hall–Kier alpha value is -1.43. The van der Waals surface area contributed by atoms with Crippen LogP contribution in [-0.2, 0) is 9.53 Å². The molecule has 0 fully saturated rings. The van der Waals surface area contributed by atoms with Crippen molar-refractivity contribution in [3.05, 3.63) is 35.9 Å². The maximum Gasteiger partial charge on any atom is 0.234 e. The summed E-state index contributed by atoms with van der Waals surface area (Å²) in [5.74, 6) is -0.0616. The van der Waals surface area contributed by atoms with Crippen LogP contribution >= 0.6 is 0 Å². The van der Waals surface area contributed by atoms with E-state index in [1.165, 1.54) is 7.11 Å². The molecule has 112 valence electrons. The average molecular weight is 280 g/mol. The third kappa shape index (κ3) is 6.14. The lowest BCUT2D eigenvalue weighted by atomic mass is 10.1. The Morgan fingerprint density at radius 3 is 2.65 bits per heavy atom. The van der Waals surface area contributed by atoms with Gasteiger partial charge in [0.05, 0.1) is 25.3 Å². The maximum atomic E-state index is 11.9. The Morgan fingerprint density at radius 1 is 1.40 bits per heavy atom. The van der Waals surface area contributed by atoms with E-state index in [0.29, 0.717) is 6.54 Å². The summed E-state index contributed by atoms with van der Waals surface area (Å²) < 4.78 is 4.85. The van der Waals surface area contributed by atoms with Crippen LogP contribution in [0, 0.1) is 0 Å². The summed E-state index contributed by atoms with van der Waals surface area (Å²) in [5, 5.41) is 12.5. The zero-order valence-electron chi connectivity index (χ0n) is 12.4. The van der Waals surface area contributed by atoms with Crippen molar-refractivity contribution >= 4 is 5.91 Å². The molecule has 1 aromatic carbocycles. The zero-order chi connectivity index (χ0) is 15.0. The van der Waals surface area contributed by atoms with Crippen molar-refractivity contribution in [1.82, 2.24) is 10.2 Å². The molecule has 1 aromatic rings. The summed E-state index contributed by atoms with van der Waals surface area (Å²) in [6, 6.07) is 9.79. The second-order valence-electron chi connectivity index (χ2n) is 5.01. The SMILES string of the molecule is COCC(O)CN(C)CC(=O)NC(C)c1ccccc1. The van der Waals surface area contributed by atoms with Gasteiger partial charge in [0.25, 0.3) is 0 Å². The first-order chi connectivity index (χ1) is 9.52. The molecular weight excluding hydrogens is 256 g/mol. The molecule has 5 heteroatoms. The molecule has 0 heterocycles. The van der Waals surface area contributed by atoms with E-state index in [1.54, 1.807) is 11.9 Å². The normalized spacial score (nSPS) is 14.1. The first-order valence-corrected chi connectivity index (χ1v) is 6.72. The van der Waals surface area contributed by atoms with Gasteiger partial charge in [0.1, 0.15) is 0 Å². The maximum absolute atomic E-state index is 11.9. The highest BCUT2D eigenvalue weighted by Gasteiger charge is 2.13. The van der Waals surface area contributed by atoms with Gasteiger partial charge in [-0.2, -0.15) is 0 Å². The highest BCUT2D eigenvalue weighted by molar-refractivity contribution is 5.78. The molecule has 0 spiro atoms. The Bertz CT molecular complexity index is 397. The molecule has 20 heavy (non-hydrogen) atoms. The topological polar surface area (TPSA) is 61.8 Å². The van der Waals surface area contributed by atoms with Gasteiger partial charge in [0.15, 0.2) is 0 Å². The molecule has 2 unspecified atom stereocenters. The van der Waals surface area contributed by atoms with Crippen LogP contribution in [0.3, 0.4) is 0 Å². The second-order valence-corrected chi connectivity index (χ2v) is 5.01. The van der Waals surface area contributed by atoms with Crippen molar-refractivity contribution in [1.29, 1.82) is 0 Å². The zero-order valence-corrected chi connectivity index (χ0v) is 12.4. The first-order valence-electron chi connectivity index (χ1n) is 6.72. The van der Waals surface area contributed by atoms with E-state index >= 15 is 0 Å². The number of amides is 1. The van der Waals surface area contributed by atoms with E-state index in [2.05, 4.69) is 5.32 Å². The highest BCUT2D eigenvalue weighted by Crippen LogP contribution is 2.10. The summed E-state index contributed by atoms with van der Waals surface area (Å²) in [7, 11) is 3.34. The number of carbonyl (C=O) groups excluding carboxylic acids is 1. The molecule has 2 atom stereocenters. The van der Waals surface area contributed by atoms with Crippen LogP contribution in [0.2, 0.25) is 0 Å². The van der Waals surface area contributed by atoms with Crippen molar-refractivity contribution in [2.45, 2.75) is 19.1 Å². The molecule has 0 aromatic heterocycles. The van der Waals surface area contributed by atoms with Crippen LogP contribution in [0.15, 0.2) is 30.3 Å². The van der Waals surface area contributed by atoms with Gasteiger partial charge in [-0.25, -0.2) is 0 Å². The van der Waals surface area contributed by atoms with Crippen LogP contribution in [0.1, 0.15) is 18.5 Å². The summed E-state index contributed by atoms with van der Waals surface area (Å²) in [6.07, 6.45) is -0.579. The number of aliphatic hydroxyl groups excluding tert-OH is 1. The first kappa shape index (κ1) is 16.6. The Morgan fingerprint density at radius 2 is 2.05 bits per heavy atom. The van der Waals surface area contributed by atoms with Gasteiger partial charge in [-0.05, 0) is 19.5 Å². The largest absolute Gasteiger partial charge is 0.389 e. The van der Waals surface area contributed by atoms with Crippen molar-refractivity contribution in [3.63, 3.8) is 0 Å². The number of aliphatic hydroxyl groups is 1. The van der Waals surface area contributed by atoms with Crippen molar-refractivity contribution < 1.29 is 14.6 Å². The van der Waals surface area contributed by atoms with Gasteiger partial charge in [0, 0.05) is 13.7 Å². The molecule has 5 nitrogen and oxygen atoms in total. The number of likely N-dealkylation sites (N-methyl/N-ethyl adjacent to an activating group) is 1. The lowest BCUT2D eigenvalue weighted by Gasteiger charge is -2.21. The number of hydrogen-bond acceptors (Lipinski definition) is 4. The van der Waals surface area contributed by atoms with Crippen molar-refractivity contribution in [2.24, 2.45) is 0 Å². The second kappa shape index (κ2) is 8.68. The fraction of sp³-hybridized carbons (Fsp3) is 0.533. The van der Waals surface area contributed by atoms with Crippen LogP contribution in [-0.4, -0.2) is 55.9 Å². The summed E-state index contributed by atoms with van der Waals surface area (Å²) in [4.78, 5) is 13.7. The monoisotopic (exact) mass is 280 g/mol. The fourth-order valence-corrected chi connectivity index (χ4v) is 2.03. The van der Waals surface area contributed by atoms with Gasteiger partial charge < -0.3 is 15.2 Å². The molecule has 0 saturated heterocycles. The van der Waals surface area contributed by atoms with Crippen LogP contribution in [0.5, 0.6) is 0 Å².